The van der Waals surface area contributed by atoms with Crippen molar-refractivity contribution < 1.29 is 0 Å². The molecule has 6 nitrogen and oxygen atoms in total. The monoisotopic (exact) mass is 360 g/mol. The van der Waals surface area contributed by atoms with Crippen LogP contribution in [0.25, 0.3) is 0 Å². The van der Waals surface area contributed by atoms with Gasteiger partial charge >= 0.3 is 0 Å². The molecule has 6 heteroatoms. The van der Waals surface area contributed by atoms with Crippen molar-refractivity contribution in [2.75, 3.05) is 36.4 Å². The molecule has 1 fully saturated rings. The van der Waals surface area contributed by atoms with Crippen molar-refractivity contribution in [3.05, 3.63) is 71.9 Å². The maximum Gasteiger partial charge on any atom is 0.247 e. The predicted octanol–water partition coefficient (Wildman–Crippen LogP) is 3.25. The average molecular weight is 360 g/mol. The van der Waals surface area contributed by atoms with Gasteiger partial charge in [-0.05, 0) is 24.6 Å². The highest BCUT2D eigenvalue weighted by atomic mass is 15.4. The van der Waals surface area contributed by atoms with Gasteiger partial charge in [-0.2, -0.15) is 10.1 Å². The summed E-state index contributed by atoms with van der Waals surface area (Å²) in [5.74, 6) is 1.40. The molecule has 1 N–H and O–H groups in total. The summed E-state index contributed by atoms with van der Waals surface area (Å²) in [4.78, 5) is 9.31. The summed E-state index contributed by atoms with van der Waals surface area (Å²) >= 11 is 0. The summed E-state index contributed by atoms with van der Waals surface area (Å²) in [6.07, 6.45) is 1.66. The number of hydrogen-bond donors (Lipinski definition) is 1. The highest BCUT2D eigenvalue weighted by molar-refractivity contribution is 5.56. The normalized spacial score (nSPS) is 14.9. The van der Waals surface area contributed by atoms with Crippen LogP contribution in [0.1, 0.15) is 11.1 Å². The number of aromatic nitrogens is 3. The molecule has 3 aromatic rings. The zero-order valence-corrected chi connectivity index (χ0v) is 15.5. The Morgan fingerprint density at radius 2 is 1.67 bits per heavy atom. The van der Waals surface area contributed by atoms with E-state index in [1.807, 2.05) is 12.1 Å². The predicted molar refractivity (Wildman–Crippen MR) is 108 cm³/mol. The Hall–Kier alpha value is -2.99. The molecule has 0 saturated carbocycles. The fourth-order valence-electron chi connectivity index (χ4n) is 3.22. The van der Waals surface area contributed by atoms with Gasteiger partial charge < -0.3 is 10.2 Å². The van der Waals surface area contributed by atoms with E-state index >= 15 is 0 Å². The van der Waals surface area contributed by atoms with Gasteiger partial charge in [-0.3, -0.25) is 4.90 Å². The number of hydrogen-bond acceptors (Lipinski definition) is 6. The molecule has 4 rings (SSSR count). The third kappa shape index (κ3) is 4.60. The van der Waals surface area contributed by atoms with Crippen molar-refractivity contribution in [2.24, 2.45) is 0 Å². The molecule has 1 aliphatic rings. The molecule has 1 aliphatic heterocycles. The van der Waals surface area contributed by atoms with E-state index in [9.17, 15) is 0 Å². The summed E-state index contributed by atoms with van der Waals surface area (Å²) in [5, 5.41) is 11.7. The van der Waals surface area contributed by atoms with E-state index in [4.69, 9.17) is 0 Å². The number of nitrogens with zero attached hydrogens (tertiary/aromatic N) is 5. The first-order chi connectivity index (χ1) is 13.3. The average Bonchev–Trinajstić information content (AvgIpc) is 2.71. The molecular weight excluding hydrogens is 336 g/mol. The Kier molecular flexibility index (Phi) is 5.25. The molecule has 1 aromatic heterocycles. The summed E-state index contributed by atoms with van der Waals surface area (Å²) in [6.45, 7) is 6.86. The van der Waals surface area contributed by atoms with Gasteiger partial charge in [-0.15, -0.1) is 5.10 Å². The minimum Gasteiger partial charge on any atom is -0.339 e. The summed E-state index contributed by atoms with van der Waals surface area (Å²) in [5.41, 5.74) is 3.59. The smallest absolute Gasteiger partial charge is 0.247 e. The molecule has 0 amide bonds. The Balaban J connectivity index is 1.36. The van der Waals surface area contributed by atoms with E-state index < -0.39 is 0 Å². The third-order valence-electron chi connectivity index (χ3n) is 4.78. The fourth-order valence-corrected chi connectivity index (χ4v) is 3.22. The van der Waals surface area contributed by atoms with Gasteiger partial charge in [-0.25, -0.2) is 0 Å². The highest BCUT2D eigenvalue weighted by Gasteiger charge is 2.19. The zero-order chi connectivity index (χ0) is 18.5. The SMILES string of the molecule is Cc1ccc(Nc2cnnc(N3CCN(Cc4ccccc4)CC3)n2)cc1. The zero-order valence-electron chi connectivity index (χ0n) is 15.5. The Morgan fingerprint density at radius 1 is 0.926 bits per heavy atom. The Bertz CT molecular complexity index is 857. The van der Waals surface area contributed by atoms with Gasteiger partial charge in [0.2, 0.25) is 5.95 Å². The van der Waals surface area contributed by atoms with Gasteiger partial charge in [0, 0.05) is 38.4 Å². The van der Waals surface area contributed by atoms with Crippen molar-refractivity contribution in [1.29, 1.82) is 0 Å². The van der Waals surface area contributed by atoms with Crippen molar-refractivity contribution in [1.82, 2.24) is 20.1 Å². The number of nitrogens with one attached hydrogen (secondary N) is 1. The van der Waals surface area contributed by atoms with E-state index in [2.05, 4.69) is 79.7 Å². The van der Waals surface area contributed by atoms with Crippen molar-refractivity contribution in [3.8, 4) is 0 Å². The second kappa shape index (κ2) is 8.14. The molecule has 0 aliphatic carbocycles. The molecule has 2 heterocycles. The van der Waals surface area contributed by atoms with Crippen LogP contribution in [-0.4, -0.2) is 46.3 Å². The van der Waals surface area contributed by atoms with Gasteiger partial charge in [0.1, 0.15) is 0 Å². The van der Waals surface area contributed by atoms with E-state index in [1.54, 1.807) is 6.20 Å². The number of anilines is 3. The van der Waals surface area contributed by atoms with Crippen LogP contribution in [0.4, 0.5) is 17.5 Å². The minimum atomic E-state index is 0.687. The van der Waals surface area contributed by atoms with Gasteiger partial charge in [-0.1, -0.05) is 48.0 Å². The van der Waals surface area contributed by atoms with Crippen molar-refractivity contribution >= 4 is 17.5 Å². The molecule has 1 saturated heterocycles. The van der Waals surface area contributed by atoms with E-state index in [0.29, 0.717) is 5.95 Å². The van der Waals surface area contributed by atoms with Crippen molar-refractivity contribution in [2.45, 2.75) is 13.5 Å². The van der Waals surface area contributed by atoms with Crippen LogP contribution < -0.4 is 10.2 Å². The first-order valence-corrected chi connectivity index (χ1v) is 9.31. The number of piperazine rings is 1. The number of aryl methyl sites for hydroxylation is 1. The standard InChI is InChI=1S/C21H24N6/c1-17-7-9-19(10-8-17)23-20-15-22-25-21(24-20)27-13-11-26(12-14-27)16-18-5-3-2-4-6-18/h2-10,15H,11-14,16H2,1H3,(H,23,24,25). The molecule has 138 valence electrons. The lowest BCUT2D eigenvalue weighted by molar-refractivity contribution is 0.248. The maximum absolute atomic E-state index is 4.65. The maximum atomic E-state index is 4.65. The summed E-state index contributed by atoms with van der Waals surface area (Å²) in [7, 11) is 0. The van der Waals surface area contributed by atoms with Gasteiger partial charge in [0.05, 0.1) is 6.20 Å². The summed E-state index contributed by atoms with van der Waals surface area (Å²) < 4.78 is 0. The lowest BCUT2D eigenvalue weighted by Crippen LogP contribution is -2.46. The van der Waals surface area contributed by atoms with Crippen LogP contribution in [0.2, 0.25) is 0 Å². The molecular formula is C21H24N6. The molecule has 27 heavy (non-hydrogen) atoms. The van der Waals surface area contributed by atoms with Gasteiger partial charge in [0.25, 0.3) is 0 Å². The molecule has 0 radical (unpaired) electrons. The number of rotatable bonds is 5. The van der Waals surface area contributed by atoms with E-state index in [-0.39, 0.29) is 0 Å². The Labute approximate surface area is 159 Å². The van der Waals surface area contributed by atoms with Crippen LogP contribution in [-0.2, 0) is 6.54 Å². The molecule has 0 bridgehead atoms. The molecule has 0 spiro atoms. The molecule has 0 atom stereocenters. The van der Waals surface area contributed by atoms with Crippen LogP contribution in [0.5, 0.6) is 0 Å². The molecule has 0 unspecified atom stereocenters. The number of benzene rings is 2. The Morgan fingerprint density at radius 3 is 2.41 bits per heavy atom. The van der Waals surface area contributed by atoms with Crippen LogP contribution >= 0.6 is 0 Å². The van der Waals surface area contributed by atoms with Crippen molar-refractivity contribution in [3.63, 3.8) is 0 Å². The first-order valence-electron chi connectivity index (χ1n) is 9.31. The second-order valence-electron chi connectivity index (χ2n) is 6.88. The fraction of sp³-hybridized carbons (Fsp3) is 0.286. The summed E-state index contributed by atoms with van der Waals surface area (Å²) in [6, 6.07) is 18.8. The molecule has 2 aromatic carbocycles. The lowest BCUT2D eigenvalue weighted by atomic mass is 10.2. The van der Waals surface area contributed by atoms with Crippen LogP contribution in [0.3, 0.4) is 0 Å². The van der Waals surface area contributed by atoms with Gasteiger partial charge in [0.15, 0.2) is 5.82 Å². The van der Waals surface area contributed by atoms with Crippen LogP contribution in [0, 0.1) is 6.92 Å². The first kappa shape index (κ1) is 17.4. The van der Waals surface area contributed by atoms with Crippen LogP contribution in [0.15, 0.2) is 60.8 Å². The largest absolute Gasteiger partial charge is 0.339 e. The second-order valence-corrected chi connectivity index (χ2v) is 6.88. The third-order valence-corrected chi connectivity index (χ3v) is 4.78. The highest BCUT2D eigenvalue weighted by Crippen LogP contribution is 2.18. The quantitative estimate of drug-likeness (QED) is 0.754. The lowest BCUT2D eigenvalue weighted by Gasteiger charge is -2.34. The topological polar surface area (TPSA) is 57.2 Å². The van der Waals surface area contributed by atoms with E-state index in [0.717, 1.165) is 44.2 Å². The van der Waals surface area contributed by atoms with E-state index in [1.165, 1.54) is 11.1 Å². The minimum absolute atomic E-state index is 0.687.